The summed E-state index contributed by atoms with van der Waals surface area (Å²) in [6, 6.07) is 13.0. The molecule has 0 unspecified atom stereocenters. The SMILES string of the molecule is CCc1cc(Oc2ccc(C#N)cc2C)ccc1C[C@H]1OC(=O)NC1=O. The highest BCUT2D eigenvalue weighted by atomic mass is 16.6. The van der Waals surface area contributed by atoms with Gasteiger partial charge in [-0.3, -0.25) is 10.1 Å². The number of hydrogen-bond acceptors (Lipinski definition) is 5. The predicted octanol–water partition coefficient (Wildman–Crippen LogP) is 3.40. The third-order valence-electron chi connectivity index (χ3n) is 4.26. The van der Waals surface area contributed by atoms with Crippen LogP contribution in [-0.2, 0) is 22.4 Å². The fourth-order valence-corrected chi connectivity index (χ4v) is 2.88. The van der Waals surface area contributed by atoms with Crippen molar-refractivity contribution in [3.8, 4) is 17.6 Å². The van der Waals surface area contributed by atoms with Crippen LogP contribution in [0.4, 0.5) is 4.79 Å². The number of aryl methyl sites for hydroxylation is 2. The van der Waals surface area contributed by atoms with Gasteiger partial charge in [0.15, 0.2) is 6.10 Å². The van der Waals surface area contributed by atoms with Crippen LogP contribution < -0.4 is 10.1 Å². The Bertz CT molecular complexity index is 915. The molecule has 2 amide bonds. The number of hydrogen-bond donors (Lipinski definition) is 1. The standard InChI is InChI=1S/C20H18N2O4/c1-3-14-9-16(25-17-7-4-13(11-21)8-12(17)2)6-5-15(14)10-18-19(23)22-20(24)26-18/h4-9,18H,3,10H2,1-2H3,(H,22,23,24)/t18-/m1/s1. The molecule has 2 aromatic carbocycles. The lowest BCUT2D eigenvalue weighted by Gasteiger charge is -2.14. The van der Waals surface area contributed by atoms with Crippen molar-refractivity contribution in [1.29, 1.82) is 5.26 Å². The molecule has 0 aliphatic carbocycles. The molecule has 1 aliphatic heterocycles. The van der Waals surface area contributed by atoms with E-state index in [2.05, 4.69) is 11.4 Å². The second kappa shape index (κ2) is 7.28. The summed E-state index contributed by atoms with van der Waals surface area (Å²) in [4.78, 5) is 22.8. The molecule has 132 valence electrons. The predicted molar refractivity (Wildman–Crippen MR) is 93.9 cm³/mol. The summed E-state index contributed by atoms with van der Waals surface area (Å²) in [5.41, 5.74) is 3.42. The first-order chi connectivity index (χ1) is 12.5. The summed E-state index contributed by atoms with van der Waals surface area (Å²) < 4.78 is 10.9. The zero-order valence-corrected chi connectivity index (χ0v) is 14.5. The molecule has 0 aromatic heterocycles. The van der Waals surface area contributed by atoms with E-state index >= 15 is 0 Å². The van der Waals surface area contributed by atoms with Gasteiger partial charge < -0.3 is 9.47 Å². The summed E-state index contributed by atoms with van der Waals surface area (Å²) >= 11 is 0. The molecule has 1 saturated heterocycles. The molecule has 0 bridgehead atoms. The topological polar surface area (TPSA) is 88.4 Å². The van der Waals surface area contributed by atoms with Crippen molar-refractivity contribution in [2.24, 2.45) is 0 Å². The smallest absolute Gasteiger partial charge is 0.414 e. The normalized spacial score (nSPS) is 16.0. The van der Waals surface area contributed by atoms with E-state index < -0.39 is 18.1 Å². The molecular weight excluding hydrogens is 332 g/mol. The Morgan fingerprint density at radius 1 is 1.19 bits per heavy atom. The first-order valence-electron chi connectivity index (χ1n) is 8.32. The molecule has 6 nitrogen and oxygen atoms in total. The zero-order chi connectivity index (χ0) is 18.7. The van der Waals surface area contributed by atoms with Crippen molar-refractivity contribution in [3.05, 3.63) is 58.7 Å². The number of alkyl carbamates (subject to hydrolysis) is 1. The maximum atomic E-state index is 11.7. The number of ether oxygens (including phenoxy) is 2. The van der Waals surface area contributed by atoms with Crippen molar-refractivity contribution >= 4 is 12.0 Å². The zero-order valence-electron chi connectivity index (χ0n) is 14.5. The van der Waals surface area contributed by atoms with Gasteiger partial charge in [0.2, 0.25) is 0 Å². The number of benzene rings is 2. The van der Waals surface area contributed by atoms with Crippen LogP contribution in [0.15, 0.2) is 36.4 Å². The third kappa shape index (κ3) is 3.67. The Hall–Kier alpha value is -3.33. The van der Waals surface area contributed by atoms with E-state index in [1.807, 2.05) is 32.0 Å². The maximum Gasteiger partial charge on any atom is 0.414 e. The molecule has 0 saturated carbocycles. The Morgan fingerprint density at radius 3 is 2.62 bits per heavy atom. The van der Waals surface area contributed by atoms with Gasteiger partial charge in [0.25, 0.3) is 5.91 Å². The van der Waals surface area contributed by atoms with Gasteiger partial charge in [-0.05, 0) is 60.4 Å². The van der Waals surface area contributed by atoms with Gasteiger partial charge in [-0.25, -0.2) is 4.79 Å². The monoisotopic (exact) mass is 350 g/mol. The van der Waals surface area contributed by atoms with E-state index in [4.69, 9.17) is 14.7 Å². The number of amides is 2. The number of carbonyl (C=O) groups is 2. The van der Waals surface area contributed by atoms with Crippen LogP contribution in [0.5, 0.6) is 11.5 Å². The number of rotatable bonds is 5. The van der Waals surface area contributed by atoms with E-state index in [1.54, 1.807) is 18.2 Å². The molecule has 3 rings (SSSR count). The van der Waals surface area contributed by atoms with Crippen LogP contribution in [0.1, 0.15) is 29.2 Å². The number of nitrogens with one attached hydrogen (secondary N) is 1. The van der Waals surface area contributed by atoms with Crippen LogP contribution in [0, 0.1) is 18.3 Å². The van der Waals surface area contributed by atoms with Gasteiger partial charge in [0.05, 0.1) is 11.6 Å². The van der Waals surface area contributed by atoms with E-state index in [1.165, 1.54) is 0 Å². The van der Waals surface area contributed by atoms with Crippen LogP contribution in [-0.4, -0.2) is 18.1 Å². The third-order valence-corrected chi connectivity index (χ3v) is 4.26. The second-order valence-corrected chi connectivity index (χ2v) is 6.07. The highest BCUT2D eigenvalue weighted by Gasteiger charge is 2.32. The largest absolute Gasteiger partial charge is 0.457 e. The Labute approximate surface area is 151 Å². The Kier molecular flexibility index (Phi) is 4.90. The van der Waals surface area contributed by atoms with Gasteiger partial charge in [-0.15, -0.1) is 0 Å². The van der Waals surface area contributed by atoms with Crippen molar-refractivity contribution in [3.63, 3.8) is 0 Å². The van der Waals surface area contributed by atoms with Gasteiger partial charge in [-0.2, -0.15) is 5.26 Å². The molecule has 1 aliphatic rings. The number of imide groups is 1. The van der Waals surface area contributed by atoms with E-state index in [-0.39, 0.29) is 0 Å². The number of nitrogens with zero attached hydrogens (tertiary/aromatic N) is 1. The average Bonchev–Trinajstić information content (AvgIpc) is 2.95. The van der Waals surface area contributed by atoms with Crippen molar-refractivity contribution in [1.82, 2.24) is 5.32 Å². The van der Waals surface area contributed by atoms with E-state index in [9.17, 15) is 9.59 Å². The molecule has 1 N–H and O–H groups in total. The fraction of sp³-hybridized carbons (Fsp3) is 0.250. The Balaban J connectivity index is 1.79. The lowest BCUT2D eigenvalue weighted by Crippen LogP contribution is -2.26. The van der Waals surface area contributed by atoms with Crippen molar-refractivity contribution in [2.75, 3.05) is 0 Å². The minimum atomic E-state index is -0.791. The Morgan fingerprint density at radius 2 is 2.00 bits per heavy atom. The average molecular weight is 350 g/mol. The second-order valence-electron chi connectivity index (χ2n) is 6.07. The van der Waals surface area contributed by atoms with Gasteiger partial charge in [0, 0.05) is 6.42 Å². The van der Waals surface area contributed by atoms with E-state index in [0.29, 0.717) is 23.5 Å². The van der Waals surface area contributed by atoms with Gasteiger partial charge in [-0.1, -0.05) is 13.0 Å². The fourth-order valence-electron chi connectivity index (χ4n) is 2.88. The van der Waals surface area contributed by atoms with Crippen molar-refractivity contribution in [2.45, 2.75) is 32.8 Å². The highest BCUT2D eigenvalue weighted by molar-refractivity contribution is 6.00. The molecule has 26 heavy (non-hydrogen) atoms. The molecule has 1 heterocycles. The number of carbonyl (C=O) groups excluding carboxylic acids is 2. The molecule has 2 aromatic rings. The minimum absolute atomic E-state index is 0.330. The quantitative estimate of drug-likeness (QED) is 0.893. The van der Waals surface area contributed by atoms with Crippen LogP contribution in [0.2, 0.25) is 0 Å². The van der Waals surface area contributed by atoms with Gasteiger partial charge in [0.1, 0.15) is 11.5 Å². The summed E-state index contributed by atoms with van der Waals surface area (Å²) in [7, 11) is 0. The highest BCUT2D eigenvalue weighted by Crippen LogP contribution is 2.28. The molecule has 0 radical (unpaired) electrons. The summed E-state index contributed by atoms with van der Waals surface area (Å²) in [6.07, 6.45) is -0.410. The molecule has 0 spiro atoms. The lowest BCUT2D eigenvalue weighted by atomic mass is 9.99. The molecular formula is C20H18N2O4. The lowest BCUT2D eigenvalue weighted by molar-refractivity contribution is -0.123. The number of cyclic esters (lactones) is 1. The summed E-state index contributed by atoms with van der Waals surface area (Å²) in [5.74, 6) is 0.944. The molecule has 1 atom stereocenters. The van der Waals surface area contributed by atoms with Crippen molar-refractivity contribution < 1.29 is 19.1 Å². The number of nitriles is 1. The first kappa shape index (κ1) is 17.5. The van der Waals surface area contributed by atoms with Crippen LogP contribution in [0.25, 0.3) is 0 Å². The van der Waals surface area contributed by atoms with Crippen LogP contribution in [0.3, 0.4) is 0 Å². The molecule has 1 fully saturated rings. The summed E-state index contributed by atoms with van der Waals surface area (Å²) in [5, 5.41) is 11.1. The van der Waals surface area contributed by atoms with Gasteiger partial charge >= 0.3 is 6.09 Å². The summed E-state index contributed by atoms with van der Waals surface area (Å²) in [6.45, 7) is 3.90. The van der Waals surface area contributed by atoms with E-state index in [0.717, 1.165) is 23.1 Å². The molecule has 6 heteroatoms. The minimum Gasteiger partial charge on any atom is -0.457 e. The maximum absolute atomic E-state index is 11.7. The first-order valence-corrected chi connectivity index (χ1v) is 8.32. The van der Waals surface area contributed by atoms with Crippen LogP contribution >= 0.6 is 0 Å².